The maximum absolute atomic E-state index is 14.8. The molecule has 4 N–H and O–H groups in total. The quantitative estimate of drug-likeness (QED) is 0.309. The van der Waals surface area contributed by atoms with Gasteiger partial charge >= 0.3 is 6.03 Å². The molecule has 1 fully saturated rings. The molecular formula is C22H22F2N4O4S. The molecule has 1 aromatic heterocycles. The predicted octanol–water partition coefficient (Wildman–Crippen LogP) is 3.39. The SMILES string of the molecule is COc1cc(F)c([C@@H]2CN/C(=N\OCCO)[C@H]2NC(=O)Nc2cc3ccccc3s2)c(F)c1. The van der Waals surface area contributed by atoms with E-state index in [-0.39, 0.29) is 36.9 Å². The van der Waals surface area contributed by atoms with Gasteiger partial charge in [0.1, 0.15) is 30.0 Å². The second-order valence-electron chi connectivity index (χ2n) is 7.25. The van der Waals surface area contributed by atoms with Crippen molar-refractivity contribution in [3.05, 3.63) is 59.7 Å². The van der Waals surface area contributed by atoms with Gasteiger partial charge in [-0.25, -0.2) is 13.6 Å². The zero-order valence-electron chi connectivity index (χ0n) is 17.6. The first kappa shape index (κ1) is 22.7. The Morgan fingerprint density at radius 1 is 1.27 bits per heavy atom. The van der Waals surface area contributed by atoms with Crippen LogP contribution < -0.4 is 20.7 Å². The Morgan fingerprint density at radius 3 is 2.73 bits per heavy atom. The molecule has 0 saturated carbocycles. The number of hydrogen-bond acceptors (Lipinski definition) is 6. The minimum Gasteiger partial charge on any atom is -0.497 e. The van der Waals surface area contributed by atoms with Crippen LogP contribution in [0.25, 0.3) is 10.1 Å². The summed E-state index contributed by atoms with van der Waals surface area (Å²) in [5.74, 6) is -2.16. The molecule has 0 unspecified atom stereocenters. The predicted molar refractivity (Wildman–Crippen MR) is 122 cm³/mol. The van der Waals surface area contributed by atoms with E-state index in [1.165, 1.54) is 18.4 Å². The van der Waals surface area contributed by atoms with Crippen molar-refractivity contribution in [1.82, 2.24) is 10.6 Å². The van der Waals surface area contributed by atoms with Crippen molar-refractivity contribution >= 4 is 38.3 Å². The smallest absolute Gasteiger partial charge is 0.320 e. The molecule has 1 aliphatic rings. The number of amidine groups is 1. The number of fused-ring (bicyclic) bond motifs is 1. The second-order valence-corrected chi connectivity index (χ2v) is 8.33. The van der Waals surface area contributed by atoms with Gasteiger partial charge in [0.25, 0.3) is 0 Å². The van der Waals surface area contributed by atoms with Crippen molar-refractivity contribution in [1.29, 1.82) is 0 Å². The van der Waals surface area contributed by atoms with Crippen LogP contribution in [0.4, 0.5) is 18.6 Å². The fraction of sp³-hybridized carbons (Fsp3) is 0.273. The maximum Gasteiger partial charge on any atom is 0.320 e. The summed E-state index contributed by atoms with van der Waals surface area (Å²) in [6.45, 7) is -0.219. The molecule has 174 valence electrons. The molecule has 2 amide bonds. The number of carbonyl (C=O) groups excluding carboxylic acids is 1. The van der Waals surface area contributed by atoms with Gasteiger partial charge in [-0.3, -0.25) is 5.32 Å². The molecule has 0 spiro atoms. The number of urea groups is 1. The van der Waals surface area contributed by atoms with Crippen LogP contribution in [0.2, 0.25) is 0 Å². The van der Waals surface area contributed by atoms with E-state index in [1.54, 1.807) is 0 Å². The molecule has 0 aliphatic carbocycles. The summed E-state index contributed by atoms with van der Waals surface area (Å²) in [7, 11) is 1.32. The number of amides is 2. The normalized spacial score (nSPS) is 18.8. The Morgan fingerprint density at radius 2 is 2.03 bits per heavy atom. The number of nitrogens with one attached hydrogen (secondary N) is 3. The number of oxime groups is 1. The van der Waals surface area contributed by atoms with Gasteiger partial charge in [0.15, 0.2) is 5.84 Å². The Bertz CT molecular complexity index is 1130. The lowest BCUT2D eigenvalue weighted by Gasteiger charge is -2.21. The highest BCUT2D eigenvalue weighted by atomic mass is 32.1. The van der Waals surface area contributed by atoms with Gasteiger partial charge in [0.05, 0.1) is 18.7 Å². The maximum atomic E-state index is 14.8. The molecule has 8 nitrogen and oxygen atoms in total. The van der Waals surface area contributed by atoms with Crippen LogP contribution in [0.15, 0.2) is 47.6 Å². The first-order valence-electron chi connectivity index (χ1n) is 10.1. The summed E-state index contributed by atoms with van der Waals surface area (Å²) in [6.07, 6.45) is 0. The minimum atomic E-state index is -0.907. The average Bonchev–Trinajstić information content (AvgIpc) is 3.37. The Kier molecular flexibility index (Phi) is 6.90. The molecule has 0 radical (unpaired) electrons. The zero-order chi connectivity index (χ0) is 23.4. The van der Waals surface area contributed by atoms with Crippen molar-refractivity contribution in [2.24, 2.45) is 5.16 Å². The molecule has 11 heteroatoms. The van der Waals surface area contributed by atoms with Crippen LogP contribution in [0.1, 0.15) is 11.5 Å². The number of halogens is 2. The molecule has 2 aromatic carbocycles. The molecule has 2 heterocycles. The number of carbonyl (C=O) groups is 1. The average molecular weight is 477 g/mol. The number of anilines is 1. The van der Waals surface area contributed by atoms with Gasteiger partial charge in [-0.15, -0.1) is 11.3 Å². The van der Waals surface area contributed by atoms with E-state index in [2.05, 4.69) is 21.1 Å². The number of hydrogen-bond donors (Lipinski definition) is 4. The summed E-state index contributed by atoms with van der Waals surface area (Å²) < 4.78 is 35.5. The lowest BCUT2D eigenvalue weighted by atomic mass is 9.92. The van der Waals surface area contributed by atoms with Crippen molar-refractivity contribution in [2.75, 3.05) is 32.2 Å². The molecule has 3 aromatic rings. The summed E-state index contributed by atoms with van der Waals surface area (Å²) in [5, 5.41) is 22.8. The first-order chi connectivity index (χ1) is 16.0. The number of nitrogens with zero attached hydrogens (tertiary/aromatic N) is 1. The second kappa shape index (κ2) is 10.0. The van der Waals surface area contributed by atoms with E-state index in [1.807, 2.05) is 30.3 Å². The zero-order valence-corrected chi connectivity index (χ0v) is 18.4. The van der Waals surface area contributed by atoms with E-state index in [0.717, 1.165) is 22.2 Å². The topological polar surface area (TPSA) is 104 Å². The summed E-state index contributed by atoms with van der Waals surface area (Å²) in [4.78, 5) is 17.8. The van der Waals surface area contributed by atoms with Crippen LogP contribution >= 0.6 is 11.3 Å². The number of ether oxygens (including phenoxy) is 1. The number of methoxy groups -OCH3 is 1. The van der Waals surface area contributed by atoms with E-state index in [0.29, 0.717) is 5.00 Å². The fourth-order valence-electron chi connectivity index (χ4n) is 3.68. The fourth-order valence-corrected chi connectivity index (χ4v) is 4.64. The lowest BCUT2D eigenvalue weighted by molar-refractivity contribution is 0.0974. The molecule has 4 rings (SSSR count). The monoisotopic (exact) mass is 476 g/mol. The standard InChI is InChI=1S/C22H22F2N4O4S/c1-31-13-9-15(23)19(16(24)10-13)14-11-25-21(28-32-7-6-29)20(14)27-22(30)26-18-8-12-4-2-3-5-17(12)33-18/h2-5,8-10,14,20,29H,6-7,11H2,1H3,(H,25,28)(H2,26,27,30)/t14-,20-/m0/s1. The number of aliphatic hydroxyl groups excluding tert-OH is 1. The van der Waals surface area contributed by atoms with Gasteiger partial charge in [-0.2, -0.15) is 0 Å². The molecule has 2 atom stereocenters. The van der Waals surface area contributed by atoms with Crippen LogP contribution in [0.3, 0.4) is 0 Å². The molecule has 1 aliphatic heterocycles. The number of rotatable bonds is 7. The summed E-state index contributed by atoms with van der Waals surface area (Å²) >= 11 is 1.40. The van der Waals surface area contributed by atoms with Crippen LogP contribution in [-0.4, -0.2) is 49.9 Å². The van der Waals surface area contributed by atoms with Crippen molar-refractivity contribution in [3.63, 3.8) is 0 Å². The highest BCUT2D eigenvalue weighted by Crippen LogP contribution is 2.32. The molecule has 1 saturated heterocycles. The third-order valence-electron chi connectivity index (χ3n) is 5.15. The first-order valence-corrected chi connectivity index (χ1v) is 11.0. The lowest BCUT2D eigenvalue weighted by Crippen LogP contribution is -2.45. The van der Waals surface area contributed by atoms with Gasteiger partial charge in [0.2, 0.25) is 0 Å². The van der Waals surface area contributed by atoms with Crippen LogP contribution in [0, 0.1) is 11.6 Å². The molecular weight excluding hydrogens is 454 g/mol. The van der Waals surface area contributed by atoms with Gasteiger partial charge < -0.3 is 25.3 Å². The number of benzene rings is 2. The van der Waals surface area contributed by atoms with E-state index in [4.69, 9.17) is 14.7 Å². The molecule has 0 bridgehead atoms. The van der Waals surface area contributed by atoms with Gasteiger partial charge in [-0.1, -0.05) is 23.4 Å². The summed E-state index contributed by atoms with van der Waals surface area (Å²) in [6, 6.07) is 10.2. The third-order valence-corrected chi connectivity index (χ3v) is 6.18. The Labute approximate surface area is 192 Å². The van der Waals surface area contributed by atoms with Crippen molar-refractivity contribution in [3.8, 4) is 5.75 Å². The van der Waals surface area contributed by atoms with Gasteiger partial charge in [0, 0.05) is 34.9 Å². The third kappa shape index (κ3) is 4.99. The Hall–Kier alpha value is -3.44. The number of thiophene rings is 1. The minimum absolute atomic E-state index is 0.0480. The van der Waals surface area contributed by atoms with Crippen molar-refractivity contribution < 1.29 is 28.3 Å². The van der Waals surface area contributed by atoms with E-state index >= 15 is 0 Å². The number of aliphatic hydroxyl groups is 1. The van der Waals surface area contributed by atoms with E-state index in [9.17, 15) is 13.6 Å². The van der Waals surface area contributed by atoms with Crippen LogP contribution in [0.5, 0.6) is 5.75 Å². The van der Waals surface area contributed by atoms with Crippen molar-refractivity contribution in [2.45, 2.75) is 12.0 Å². The molecule has 33 heavy (non-hydrogen) atoms. The van der Waals surface area contributed by atoms with Gasteiger partial charge in [-0.05, 0) is 17.5 Å². The largest absolute Gasteiger partial charge is 0.497 e. The van der Waals surface area contributed by atoms with E-state index < -0.39 is 29.6 Å². The Balaban J connectivity index is 1.58. The van der Waals surface area contributed by atoms with Crippen LogP contribution in [-0.2, 0) is 4.84 Å². The highest BCUT2D eigenvalue weighted by Gasteiger charge is 2.39. The summed E-state index contributed by atoms with van der Waals surface area (Å²) in [5.41, 5.74) is -0.206. The highest BCUT2D eigenvalue weighted by molar-refractivity contribution is 7.22.